The van der Waals surface area contributed by atoms with Crippen molar-refractivity contribution in [2.75, 3.05) is 18.0 Å². The number of nitrogens with one attached hydrogen (secondary N) is 1. The molecule has 0 saturated carbocycles. The number of hydrogen-bond donors (Lipinski definition) is 1. The smallest absolute Gasteiger partial charge is 0.414 e. The van der Waals surface area contributed by atoms with Crippen molar-refractivity contribution in [3.05, 3.63) is 72.6 Å². The van der Waals surface area contributed by atoms with Crippen molar-refractivity contribution in [1.82, 2.24) is 14.9 Å². The number of anilines is 1. The number of imidazole rings is 1. The van der Waals surface area contributed by atoms with E-state index in [0.717, 1.165) is 11.1 Å². The number of halogens is 1. The van der Waals surface area contributed by atoms with Crippen LogP contribution in [0.5, 0.6) is 0 Å². The predicted octanol–water partition coefficient (Wildman–Crippen LogP) is 3.20. The van der Waals surface area contributed by atoms with Crippen LogP contribution in [0.15, 0.2) is 61.2 Å². The van der Waals surface area contributed by atoms with Gasteiger partial charge in [-0.05, 0) is 29.3 Å². The summed E-state index contributed by atoms with van der Waals surface area (Å²) in [5.41, 5.74) is 2.71. The molecule has 1 unspecified atom stereocenters. The van der Waals surface area contributed by atoms with Crippen LogP contribution in [0.1, 0.15) is 12.5 Å². The fraction of sp³-hybridized carbons (Fsp3) is 0.227. The minimum Gasteiger partial charge on any atom is -0.442 e. The Labute approximate surface area is 173 Å². The maximum atomic E-state index is 14.8. The normalized spacial score (nSPS) is 15.9. The van der Waals surface area contributed by atoms with E-state index in [2.05, 4.69) is 10.3 Å². The van der Waals surface area contributed by atoms with E-state index in [4.69, 9.17) is 4.74 Å². The van der Waals surface area contributed by atoms with E-state index < -0.39 is 18.0 Å². The van der Waals surface area contributed by atoms with Gasteiger partial charge in [-0.15, -0.1) is 0 Å². The molecule has 1 aliphatic rings. The molecule has 1 saturated heterocycles. The Morgan fingerprint density at radius 1 is 1.27 bits per heavy atom. The summed E-state index contributed by atoms with van der Waals surface area (Å²) in [5.74, 6) is -0.621. The van der Waals surface area contributed by atoms with Crippen molar-refractivity contribution in [3.63, 3.8) is 0 Å². The summed E-state index contributed by atoms with van der Waals surface area (Å²) < 4.78 is 22.0. The average molecular weight is 408 g/mol. The number of aromatic nitrogens is 2. The first-order valence-corrected chi connectivity index (χ1v) is 9.57. The maximum absolute atomic E-state index is 14.8. The highest BCUT2D eigenvalue weighted by atomic mass is 19.1. The Morgan fingerprint density at radius 2 is 2.07 bits per heavy atom. The lowest BCUT2D eigenvalue weighted by Gasteiger charge is -2.15. The number of cyclic esters (lactones) is 1. The second-order valence-electron chi connectivity index (χ2n) is 7.15. The van der Waals surface area contributed by atoms with Crippen LogP contribution in [0.3, 0.4) is 0 Å². The number of carbonyl (C=O) groups is 2. The van der Waals surface area contributed by atoms with E-state index in [1.165, 1.54) is 17.9 Å². The van der Waals surface area contributed by atoms with Crippen LogP contribution in [-0.4, -0.2) is 40.7 Å². The van der Waals surface area contributed by atoms with E-state index in [0.29, 0.717) is 17.8 Å². The molecule has 1 fully saturated rings. The highest BCUT2D eigenvalue weighted by Crippen LogP contribution is 2.29. The number of ether oxygens (including phenoxy) is 1. The molecule has 1 aromatic heterocycles. The lowest BCUT2D eigenvalue weighted by Crippen LogP contribution is -2.33. The molecule has 7 nitrogen and oxygen atoms in total. The van der Waals surface area contributed by atoms with Gasteiger partial charge >= 0.3 is 6.09 Å². The summed E-state index contributed by atoms with van der Waals surface area (Å²) >= 11 is 0. The van der Waals surface area contributed by atoms with Gasteiger partial charge in [0.05, 0.1) is 25.1 Å². The third-order valence-electron chi connectivity index (χ3n) is 4.91. The molecule has 0 bridgehead atoms. The Bertz CT molecular complexity index is 1050. The Kier molecular flexibility index (Phi) is 5.47. The van der Waals surface area contributed by atoms with Gasteiger partial charge in [-0.25, -0.2) is 14.2 Å². The van der Waals surface area contributed by atoms with Crippen LogP contribution >= 0.6 is 0 Å². The first kappa shape index (κ1) is 19.6. The van der Waals surface area contributed by atoms with E-state index in [1.54, 1.807) is 24.7 Å². The van der Waals surface area contributed by atoms with Crippen LogP contribution in [0.2, 0.25) is 0 Å². The number of hydrogen-bond acceptors (Lipinski definition) is 4. The molecular weight excluding hydrogens is 387 g/mol. The zero-order valence-electron chi connectivity index (χ0n) is 16.4. The van der Waals surface area contributed by atoms with Crippen molar-refractivity contribution in [2.45, 2.75) is 19.6 Å². The number of benzene rings is 2. The molecule has 154 valence electrons. The second kappa shape index (κ2) is 8.36. The highest BCUT2D eigenvalue weighted by molar-refractivity contribution is 5.90. The summed E-state index contributed by atoms with van der Waals surface area (Å²) in [5, 5.41) is 2.62. The van der Waals surface area contributed by atoms with E-state index >= 15 is 0 Å². The summed E-state index contributed by atoms with van der Waals surface area (Å²) in [6.45, 7) is 2.57. The number of carbonyl (C=O) groups excluding carboxylic acids is 2. The molecule has 2 amide bonds. The first-order valence-electron chi connectivity index (χ1n) is 9.57. The van der Waals surface area contributed by atoms with Crippen LogP contribution in [0, 0.1) is 5.82 Å². The van der Waals surface area contributed by atoms with E-state index in [9.17, 15) is 14.0 Å². The Morgan fingerprint density at radius 3 is 2.73 bits per heavy atom. The maximum Gasteiger partial charge on any atom is 0.414 e. The molecular formula is C22H21FN4O3. The number of rotatable bonds is 6. The molecule has 8 heteroatoms. The van der Waals surface area contributed by atoms with Crippen LogP contribution in [-0.2, 0) is 16.1 Å². The van der Waals surface area contributed by atoms with Crippen molar-refractivity contribution in [1.29, 1.82) is 0 Å². The van der Waals surface area contributed by atoms with Crippen LogP contribution in [0.25, 0.3) is 11.1 Å². The van der Waals surface area contributed by atoms with Gasteiger partial charge in [0.25, 0.3) is 0 Å². The zero-order valence-corrected chi connectivity index (χ0v) is 16.4. The summed E-state index contributed by atoms with van der Waals surface area (Å²) in [6.07, 6.45) is 4.34. The number of amides is 2. The molecule has 4 rings (SSSR count). The molecule has 0 spiro atoms. The van der Waals surface area contributed by atoms with Crippen LogP contribution in [0.4, 0.5) is 14.9 Å². The van der Waals surface area contributed by atoms with E-state index in [1.807, 2.05) is 35.0 Å². The van der Waals surface area contributed by atoms with Crippen LogP contribution < -0.4 is 10.2 Å². The molecule has 1 N–H and O–H groups in total. The molecule has 1 atom stereocenters. The average Bonchev–Trinajstić information content (AvgIpc) is 3.36. The minimum atomic E-state index is -0.554. The second-order valence-corrected chi connectivity index (χ2v) is 7.15. The van der Waals surface area contributed by atoms with Gasteiger partial charge in [0.2, 0.25) is 5.91 Å². The van der Waals surface area contributed by atoms with Gasteiger partial charge < -0.3 is 14.6 Å². The van der Waals surface area contributed by atoms with Crippen molar-refractivity contribution < 1.29 is 18.7 Å². The molecule has 30 heavy (non-hydrogen) atoms. The minimum absolute atomic E-state index is 0.198. The third-order valence-corrected chi connectivity index (χ3v) is 4.91. The fourth-order valence-electron chi connectivity index (χ4n) is 3.38. The molecule has 2 aromatic carbocycles. The van der Waals surface area contributed by atoms with Gasteiger partial charge in [0.15, 0.2) is 0 Å². The van der Waals surface area contributed by atoms with Crippen molar-refractivity contribution >= 4 is 17.7 Å². The van der Waals surface area contributed by atoms with Gasteiger partial charge in [-0.2, -0.15) is 0 Å². The monoisotopic (exact) mass is 408 g/mol. The standard InChI is InChI=1S/C22H21FN4O3/c1-15(28)25-11-19-13-27(22(29)30-19)18-6-7-20(21(23)10-18)17-4-2-16(3-5-17)12-26-9-8-24-14-26/h2-10,14,19H,11-13H2,1H3,(H,25,28). The largest absolute Gasteiger partial charge is 0.442 e. The predicted molar refractivity (Wildman–Crippen MR) is 109 cm³/mol. The Balaban J connectivity index is 1.47. The quantitative estimate of drug-likeness (QED) is 0.680. The lowest BCUT2D eigenvalue weighted by atomic mass is 10.0. The summed E-state index contributed by atoms with van der Waals surface area (Å²) in [7, 11) is 0. The topological polar surface area (TPSA) is 76.5 Å². The zero-order chi connectivity index (χ0) is 21.1. The van der Waals surface area contributed by atoms with Gasteiger partial charge in [-0.1, -0.05) is 24.3 Å². The number of nitrogens with zero attached hydrogens (tertiary/aromatic N) is 3. The van der Waals surface area contributed by atoms with Crippen molar-refractivity contribution in [3.8, 4) is 11.1 Å². The first-order chi connectivity index (χ1) is 14.5. The van der Waals surface area contributed by atoms with Gasteiger partial charge in [-0.3, -0.25) is 9.69 Å². The van der Waals surface area contributed by atoms with Crippen molar-refractivity contribution in [2.24, 2.45) is 0 Å². The SMILES string of the molecule is CC(=O)NCC1CN(c2ccc(-c3ccc(Cn4ccnc4)cc3)c(F)c2)C(=O)O1. The lowest BCUT2D eigenvalue weighted by molar-refractivity contribution is -0.119. The molecule has 0 radical (unpaired) electrons. The van der Waals surface area contributed by atoms with Gasteiger partial charge in [0, 0.05) is 31.4 Å². The Hall–Kier alpha value is -3.68. The fourth-order valence-corrected chi connectivity index (χ4v) is 3.38. The molecule has 1 aliphatic heterocycles. The summed E-state index contributed by atoms with van der Waals surface area (Å²) in [6, 6.07) is 12.3. The molecule has 0 aliphatic carbocycles. The van der Waals surface area contributed by atoms with Gasteiger partial charge in [0.1, 0.15) is 11.9 Å². The summed E-state index contributed by atoms with van der Waals surface area (Å²) in [4.78, 5) is 28.5. The third kappa shape index (κ3) is 4.32. The molecule has 2 heterocycles. The van der Waals surface area contributed by atoms with E-state index in [-0.39, 0.29) is 19.0 Å². The highest BCUT2D eigenvalue weighted by Gasteiger charge is 2.32. The molecule has 3 aromatic rings.